The summed E-state index contributed by atoms with van der Waals surface area (Å²) in [6.45, 7) is 4.09. The van der Waals surface area contributed by atoms with Crippen molar-refractivity contribution in [1.82, 2.24) is 29.9 Å². The summed E-state index contributed by atoms with van der Waals surface area (Å²) in [6, 6.07) is 17.9. The molecule has 1 atom stereocenters. The van der Waals surface area contributed by atoms with Crippen molar-refractivity contribution in [3.63, 3.8) is 0 Å². The van der Waals surface area contributed by atoms with Crippen molar-refractivity contribution in [2.75, 3.05) is 11.6 Å². The molecule has 0 bridgehead atoms. The summed E-state index contributed by atoms with van der Waals surface area (Å²) >= 11 is 0. The summed E-state index contributed by atoms with van der Waals surface area (Å²) in [7, 11) is -3.43. The van der Waals surface area contributed by atoms with Crippen LogP contribution in [0.4, 0.5) is 10.1 Å². The van der Waals surface area contributed by atoms with Gasteiger partial charge in [-0.25, -0.2) is 22.5 Å². The second kappa shape index (κ2) is 11.8. The number of rotatable bonds is 10. The summed E-state index contributed by atoms with van der Waals surface area (Å²) in [5.41, 5.74) is 7.68. The molecule has 44 heavy (non-hydrogen) atoms. The predicted molar refractivity (Wildman–Crippen MR) is 171 cm³/mol. The van der Waals surface area contributed by atoms with Gasteiger partial charge >= 0.3 is 0 Å². The smallest absolute Gasteiger partial charge is 0.209 e. The van der Waals surface area contributed by atoms with Crippen LogP contribution in [0.15, 0.2) is 73.1 Å². The van der Waals surface area contributed by atoms with E-state index >= 15 is 0 Å². The van der Waals surface area contributed by atoms with E-state index in [0.29, 0.717) is 46.1 Å². The van der Waals surface area contributed by atoms with Crippen molar-refractivity contribution in [3.05, 3.63) is 84.4 Å². The predicted octanol–water partition coefficient (Wildman–Crippen LogP) is 5.80. The largest absolute Gasteiger partial charge is 0.374 e. The molecule has 0 radical (unpaired) electrons. The van der Waals surface area contributed by atoms with Gasteiger partial charge in [-0.15, -0.1) is 0 Å². The van der Waals surface area contributed by atoms with Crippen LogP contribution in [0, 0.1) is 11.7 Å². The van der Waals surface area contributed by atoms with E-state index in [1.165, 1.54) is 12.1 Å². The Bertz CT molecular complexity index is 2090. The number of anilines is 1. The summed E-state index contributed by atoms with van der Waals surface area (Å²) in [6.07, 6.45) is 4.39. The monoisotopic (exact) mass is 613 g/mol. The Labute approximate surface area is 253 Å². The van der Waals surface area contributed by atoms with Crippen molar-refractivity contribution in [1.29, 1.82) is 0 Å². The molecule has 0 saturated heterocycles. The van der Waals surface area contributed by atoms with Crippen LogP contribution in [0.25, 0.3) is 55.7 Å². The van der Waals surface area contributed by atoms with E-state index in [4.69, 9.17) is 4.98 Å². The minimum atomic E-state index is -3.43. The van der Waals surface area contributed by atoms with E-state index in [1.807, 2.05) is 42.5 Å². The lowest BCUT2D eigenvalue weighted by Crippen LogP contribution is -2.21. The van der Waals surface area contributed by atoms with Crippen molar-refractivity contribution in [3.8, 4) is 33.8 Å². The summed E-state index contributed by atoms with van der Waals surface area (Å²) < 4.78 is 40.2. The fourth-order valence-electron chi connectivity index (χ4n) is 5.26. The molecule has 4 heterocycles. The molecule has 4 aromatic heterocycles. The topological polar surface area (TPSA) is 149 Å². The molecule has 0 aliphatic carbocycles. The number of fused-ring (bicyclic) bond motifs is 2. The fraction of sp³-hybridized carbons (Fsp3) is 0.219. The van der Waals surface area contributed by atoms with Gasteiger partial charge in [0.1, 0.15) is 23.3 Å². The molecule has 226 valence electrons. The molecule has 0 saturated carbocycles. The van der Waals surface area contributed by atoms with Crippen LogP contribution in [-0.4, -0.2) is 51.2 Å². The normalized spacial score (nSPS) is 12.8. The number of sulfonamides is 1. The van der Waals surface area contributed by atoms with Crippen molar-refractivity contribution in [2.24, 2.45) is 5.92 Å². The van der Waals surface area contributed by atoms with Gasteiger partial charge in [-0.2, -0.15) is 5.10 Å². The number of nitrogens with zero attached hydrogens (tertiary/aromatic N) is 3. The van der Waals surface area contributed by atoms with E-state index in [9.17, 15) is 17.9 Å². The maximum Gasteiger partial charge on any atom is 0.209 e. The third-order valence-electron chi connectivity index (χ3n) is 7.20. The van der Waals surface area contributed by atoms with Gasteiger partial charge in [0.2, 0.25) is 10.0 Å². The van der Waals surface area contributed by atoms with Crippen LogP contribution >= 0.6 is 0 Å². The van der Waals surface area contributed by atoms with Crippen LogP contribution in [0.5, 0.6) is 0 Å². The zero-order chi connectivity index (χ0) is 31.0. The summed E-state index contributed by atoms with van der Waals surface area (Å²) in [5, 5.41) is 21.9. The van der Waals surface area contributed by atoms with Gasteiger partial charge in [0.05, 0.1) is 35.0 Å². The van der Waals surface area contributed by atoms with E-state index in [1.54, 1.807) is 18.5 Å². The van der Waals surface area contributed by atoms with Crippen LogP contribution in [0.2, 0.25) is 0 Å². The number of aliphatic hydroxyl groups excluding tert-OH is 1. The number of pyridine rings is 2. The average molecular weight is 614 g/mol. The standard InChI is InChI=1S/C32H32FN7O3S/c1-18(2)9-30(41)36-23-13-21(16-34-17-23)26-7-8-28-31(38-26)32(40-39-28)29-14-25-24(5-4-6-27(25)37-29)20-10-19(11-22(33)12-20)15-35-44(3,42)43/h4-8,10-14,16-18,30,35-37,41H,9,15H2,1-3H3,(H,39,40). The summed E-state index contributed by atoms with van der Waals surface area (Å²) in [4.78, 5) is 12.7. The minimum absolute atomic E-state index is 0.0156. The molecule has 0 aliphatic rings. The van der Waals surface area contributed by atoms with Gasteiger partial charge in [-0.05, 0) is 77.6 Å². The first-order chi connectivity index (χ1) is 21.0. The molecular weight excluding hydrogens is 581 g/mol. The maximum atomic E-state index is 14.6. The number of hydrogen-bond donors (Lipinski definition) is 5. The van der Waals surface area contributed by atoms with E-state index in [0.717, 1.165) is 39.5 Å². The minimum Gasteiger partial charge on any atom is -0.374 e. The van der Waals surface area contributed by atoms with Gasteiger partial charge in [-0.3, -0.25) is 10.1 Å². The van der Waals surface area contributed by atoms with Gasteiger partial charge in [0, 0.05) is 29.2 Å². The number of aromatic amines is 2. The highest BCUT2D eigenvalue weighted by atomic mass is 32.2. The second-order valence-electron chi connectivity index (χ2n) is 11.3. The van der Waals surface area contributed by atoms with Crippen molar-refractivity contribution < 1.29 is 17.9 Å². The Kier molecular flexibility index (Phi) is 7.89. The number of H-pyrrole nitrogens is 2. The Morgan fingerprint density at radius 1 is 1.00 bits per heavy atom. The third kappa shape index (κ3) is 6.47. The SMILES string of the molecule is CC(C)CC(O)Nc1cncc(-c2ccc3[nH]nc(-c4cc5c(-c6cc(F)cc(CNS(C)(=O)=O)c6)cccc5[nH]4)c3n2)c1. The van der Waals surface area contributed by atoms with Crippen molar-refractivity contribution >= 4 is 37.6 Å². The Morgan fingerprint density at radius 2 is 1.84 bits per heavy atom. The van der Waals surface area contributed by atoms with Crippen LogP contribution in [-0.2, 0) is 16.6 Å². The zero-order valence-electron chi connectivity index (χ0n) is 24.4. The molecule has 6 rings (SSSR count). The van der Waals surface area contributed by atoms with E-state index in [-0.39, 0.29) is 6.54 Å². The number of halogens is 1. The molecule has 2 aromatic carbocycles. The number of benzene rings is 2. The Balaban J connectivity index is 1.35. The quantitative estimate of drug-likeness (QED) is 0.123. The van der Waals surface area contributed by atoms with Crippen molar-refractivity contribution in [2.45, 2.75) is 33.0 Å². The third-order valence-corrected chi connectivity index (χ3v) is 7.86. The molecule has 0 fully saturated rings. The Hall–Kier alpha value is -4.65. The number of hydrogen-bond acceptors (Lipinski definition) is 7. The lowest BCUT2D eigenvalue weighted by atomic mass is 9.99. The lowest BCUT2D eigenvalue weighted by molar-refractivity contribution is 0.176. The fourth-order valence-corrected chi connectivity index (χ4v) is 5.69. The van der Waals surface area contributed by atoms with E-state index in [2.05, 4.69) is 44.1 Å². The van der Waals surface area contributed by atoms with Crippen LogP contribution in [0.3, 0.4) is 0 Å². The molecule has 0 spiro atoms. The molecule has 12 heteroatoms. The lowest BCUT2D eigenvalue weighted by Gasteiger charge is -2.16. The number of nitrogens with one attached hydrogen (secondary N) is 4. The first-order valence-corrected chi connectivity index (χ1v) is 16.0. The molecular formula is C32H32FN7O3S. The molecule has 6 aromatic rings. The molecule has 0 aliphatic heterocycles. The van der Waals surface area contributed by atoms with Crippen LogP contribution < -0.4 is 10.0 Å². The zero-order valence-corrected chi connectivity index (χ0v) is 25.2. The second-order valence-corrected chi connectivity index (χ2v) is 13.1. The highest BCUT2D eigenvalue weighted by Gasteiger charge is 2.17. The highest BCUT2D eigenvalue weighted by molar-refractivity contribution is 7.88. The summed E-state index contributed by atoms with van der Waals surface area (Å²) in [5.74, 6) is -0.118. The first kappa shape index (κ1) is 29.4. The molecule has 0 amide bonds. The molecule has 10 nitrogen and oxygen atoms in total. The average Bonchev–Trinajstić information content (AvgIpc) is 3.59. The first-order valence-electron chi connectivity index (χ1n) is 14.1. The molecule has 1 unspecified atom stereocenters. The number of aliphatic hydroxyl groups is 1. The van der Waals surface area contributed by atoms with E-state index < -0.39 is 22.1 Å². The maximum absolute atomic E-state index is 14.6. The van der Waals surface area contributed by atoms with Crippen LogP contribution in [0.1, 0.15) is 25.8 Å². The van der Waals surface area contributed by atoms with Gasteiger partial charge < -0.3 is 15.4 Å². The Morgan fingerprint density at radius 3 is 2.64 bits per heavy atom. The number of aromatic nitrogens is 5. The van der Waals surface area contributed by atoms with Gasteiger partial charge in [0.25, 0.3) is 0 Å². The molecule has 5 N–H and O–H groups in total. The van der Waals surface area contributed by atoms with Gasteiger partial charge in [0.15, 0.2) is 0 Å². The van der Waals surface area contributed by atoms with Gasteiger partial charge in [-0.1, -0.05) is 26.0 Å². The highest BCUT2D eigenvalue weighted by Crippen LogP contribution is 2.35.